The van der Waals surface area contributed by atoms with Crippen molar-refractivity contribution >= 4 is 11.8 Å². The van der Waals surface area contributed by atoms with E-state index in [2.05, 4.69) is 31.2 Å². The first-order chi connectivity index (χ1) is 12.4. The number of fused-ring (bicyclic) bond motifs is 5. The summed E-state index contributed by atoms with van der Waals surface area (Å²) in [6.07, 6.45) is 6.97. The number of benzene rings is 1. The smallest absolute Gasteiger partial charge is 0.306 e. The number of Topliss-reactive ketones (excluding diaryl/α,β-unsaturated/α-hetero) is 1. The average molecular weight is 354 g/mol. The molecule has 1 aromatic rings. The van der Waals surface area contributed by atoms with Crippen LogP contribution in [0.1, 0.15) is 69.4 Å². The molecule has 2 saturated carbocycles. The van der Waals surface area contributed by atoms with E-state index in [1.807, 2.05) is 0 Å². The van der Waals surface area contributed by atoms with Crippen LogP contribution in [0.15, 0.2) is 24.3 Å². The van der Waals surface area contributed by atoms with Crippen LogP contribution in [0.3, 0.4) is 0 Å². The Morgan fingerprint density at radius 3 is 2.73 bits per heavy atom. The van der Waals surface area contributed by atoms with Crippen molar-refractivity contribution in [1.29, 1.82) is 0 Å². The summed E-state index contributed by atoms with van der Waals surface area (Å²) in [6, 6.07) is 8.93. The maximum absolute atomic E-state index is 12.9. The van der Waals surface area contributed by atoms with Gasteiger partial charge in [-0.05, 0) is 72.8 Å². The number of ketones is 1. The molecule has 1 N–H and O–H groups in total. The highest BCUT2D eigenvalue weighted by molar-refractivity contribution is 5.86. The maximum Gasteiger partial charge on any atom is 0.306 e. The Kier molecular flexibility index (Phi) is 4.45. The predicted molar refractivity (Wildman–Crippen MR) is 101 cm³/mol. The number of hydrogen-bond donors (Lipinski definition) is 1. The first kappa shape index (κ1) is 17.8. The van der Waals surface area contributed by atoms with E-state index >= 15 is 0 Å². The van der Waals surface area contributed by atoms with Crippen molar-refractivity contribution in [3.63, 3.8) is 0 Å². The molecule has 0 radical (unpaired) electrons. The fraction of sp³-hybridized carbons (Fsp3) is 0.652. The van der Waals surface area contributed by atoms with Gasteiger partial charge in [-0.3, -0.25) is 9.59 Å². The van der Waals surface area contributed by atoms with Gasteiger partial charge in [-0.1, -0.05) is 38.1 Å². The van der Waals surface area contributed by atoms with Crippen LogP contribution in [0.25, 0.3) is 0 Å². The molecule has 2 fully saturated rings. The topological polar surface area (TPSA) is 54.4 Å². The Labute approximate surface area is 156 Å². The molecule has 3 heteroatoms. The summed E-state index contributed by atoms with van der Waals surface area (Å²) in [5, 5.41) is 9.17. The monoisotopic (exact) mass is 354 g/mol. The van der Waals surface area contributed by atoms with Crippen molar-refractivity contribution in [3.8, 4) is 0 Å². The van der Waals surface area contributed by atoms with Gasteiger partial charge in [0.1, 0.15) is 5.78 Å². The lowest BCUT2D eigenvalue weighted by molar-refractivity contribution is -0.144. The first-order valence-corrected chi connectivity index (χ1v) is 10.2. The quantitative estimate of drug-likeness (QED) is 0.842. The third kappa shape index (κ3) is 2.71. The van der Waals surface area contributed by atoms with Crippen molar-refractivity contribution in [1.82, 2.24) is 0 Å². The molecule has 26 heavy (non-hydrogen) atoms. The number of hydrogen-bond acceptors (Lipinski definition) is 2. The van der Waals surface area contributed by atoms with Crippen molar-refractivity contribution in [2.45, 2.75) is 64.7 Å². The number of carboxylic acids is 1. The molecule has 3 aliphatic carbocycles. The minimum absolute atomic E-state index is 0.0624. The normalized spacial score (nSPS) is 36.5. The molecule has 140 valence electrons. The number of rotatable bonds is 4. The molecule has 3 aliphatic rings. The van der Waals surface area contributed by atoms with E-state index < -0.39 is 11.9 Å². The van der Waals surface area contributed by atoms with Gasteiger partial charge >= 0.3 is 5.97 Å². The third-order valence-corrected chi connectivity index (χ3v) is 7.96. The van der Waals surface area contributed by atoms with Gasteiger partial charge in [-0.25, -0.2) is 0 Å². The summed E-state index contributed by atoms with van der Waals surface area (Å²) in [4.78, 5) is 24.1. The highest BCUT2D eigenvalue weighted by Gasteiger charge is 2.56. The van der Waals surface area contributed by atoms with Crippen LogP contribution in [-0.4, -0.2) is 16.9 Å². The second-order valence-electron chi connectivity index (χ2n) is 9.20. The van der Waals surface area contributed by atoms with Crippen LogP contribution in [-0.2, 0) is 16.0 Å². The summed E-state index contributed by atoms with van der Waals surface area (Å²) in [5.41, 5.74) is 3.15. The van der Waals surface area contributed by atoms with Crippen molar-refractivity contribution in [2.75, 3.05) is 0 Å². The lowest BCUT2D eigenvalue weighted by atomic mass is 9.53. The number of carbonyl (C=O) groups is 2. The minimum Gasteiger partial charge on any atom is -0.481 e. The van der Waals surface area contributed by atoms with Crippen LogP contribution in [0.2, 0.25) is 0 Å². The van der Waals surface area contributed by atoms with Crippen LogP contribution in [0, 0.1) is 29.1 Å². The van der Waals surface area contributed by atoms with Gasteiger partial charge in [-0.15, -0.1) is 0 Å². The zero-order valence-corrected chi connectivity index (χ0v) is 15.9. The van der Waals surface area contributed by atoms with Gasteiger partial charge in [-0.2, -0.15) is 0 Å². The van der Waals surface area contributed by atoms with E-state index in [9.17, 15) is 9.59 Å². The molecule has 3 nitrogen and oxygen atoms in total. The van der Waals surface area contributed by atoms with Crippen molar-refractivity contribution in [2.24, 2.45) is 29.1 Å². The lowest BCUT2D eigenvalue weighted by Crippen LogP contribution is -2.44. The fourth-order valence-corrected chi connectivity index (χ4v) is 6.58. The minimum atomic E-state index is -0.856. The first-order valence-electron chi connectivity index (χ1n) is 10.2. The molecule has 4 rings (SSSR count). The molecular formula is C23H30O3. The Bertz CT molecular complexity index is 724. The highest BCUT2D eigenvalue weighted by atomic mass is 16.4. The van der Waals surface area contributed by atoms with E-state index in [-0.39, 0.29) is 23.5 Å². The van der Waals surface area contributed by atoms with Crippen LogP contribution >= 0.6 is 0 Å². The molecular weight excluding hydrogens is 324 g/mol. The van der Waals surface area contributed by atoms with Gasteiger partial charge in [0.25, 0.3) is 0 Å². The summed E-state index contributed by atoms with van der Waals surface area (Å²) in [7, 11) is 0. The molecule has 0 aromatic heterocycles. The Hall–Kier alpha value is -1.64. The van der Waals surface area contributed by atoms with E-state index in [4.69, 9.17) is 5.11 Å². The molecule has 1 aromatic carbocycles. The summed E-state index contributed by atoms with van der Waals surface area (Å²) in [5.74, 6) is 0.799. The zero-order chi connectivity index (χ0) is 18.5. The largest absolute Gasteiger partial charge is 0.481 e. The Morgan fingerprint density at radius 1 is 1.19 bits per heavy atom. The number of carbonyl (C=O) groups excluding carboxylic acids is 1. The number of carboxylic acid groups (broad SMARTS) is 1. The van der Waals surface area contributed by atoms with Gasteiger partial charge in [0, 0.05) is 12.3 Å². The lowest BCUT2D eigenvalue weighted by Gasteiger charge is -2.50. The molecule has 0 saturated heterocycles. The number of aryl methyl sites for hydroxylation is 1. The van der Waals surface area contributed by atoms with Crippen LogP contribution in [0.4, 0.5) is 0 Å². The highest BCUT2D eigenvalue weighted by Crippen LogP contribution is 2.63. The molecule has 1 unspecified atom stereocenters. The average Bonchev–Trinajstić information content (AvgIpc) is 2.98. The summed E-state index contributed by atoms with van der Waals surface area (Å²) >= 11 is 0. The summed E-state index contributed by atoms with van der Waals surface area (Å²) in [6.45, 7) is 3.99. The van der Waals surface area contributed by atoms with Gasteiger partial charge < -0.3 is 5.11 Å². The van der Waals surface area contributed by atoms with Gasteiger partial charge in [0.05, 0.1) is 5.92 Å². The van der Waals surface area contributed by atoms with Crippen LogP contribution in [0.5, 0.6) is 0 Å². The van der Waals surface area contributed by atoms with E-state index in [1.54, 1.807) is 12.5 Å². The number of aliphatic carboxylic acids is 1. The van der Waals surface area contributed by atoms with Crippen LogP contribution < -0.4 is 0 Å². The van der Waals surface area contributed by atoms with Gasteiger partial charge in [0.15, 0.2) is 0 Å². The molecule has 0 spiro atoms. The molecule has 0 aliphatic heterocycles. The molecule has 6 atom stereocenters. The summed E-state index contributed by atoms with van der Waals surface area (Å²) < 4.78 is 0. The third-order valence-electron chi connectivity index (χ3n) is 7.96. The molecule has 0 amide bonds. The second kappa shape index (κ2) is 6.51. The van der Waals surface area contributed by atoms with Crippen molar-refractivity contribution < 1.29 is 14.7 Å². The molecule has 0 heterocycles. The second-order valence-corrected chi connectivity index (χ2v) is 9.20. The zero-order valence-electron chi connectivity index (χ0n) is 15.9. The van der Waals surface area contributed by atoms with Crippen molar-refractivity contribution in [3.05, 3.63) is 35.4 Å². The van der Waals surface area contributed by atoms with E-state index in [1.165, 1.54) is 24.8 Å². The fourth-order valence-electron chi connectivity index (χ4n) is 6.58. The SMILES string of the molecule is CC(CC(=O)[C@H]1CC[C@H]2[C@@H]3CCc4ccccc4[C@H]3CC[C@]12C)C(=O)O. The maximum atomic E-state index is 12.9. The molecule has 0 bridgehead atoms. The van der Waals surface area contributed by atoms with E-state index in [0.29, 0.717) is 17.8 Å². The van der Waals surface area contributed by atoms with E-state index in [0.717, 1.165) is 19.3 Å². The predicted octanol–water partition coefficient (Wildman–Crippen LogP) is 4.84. The standard InChI is InChI=1S/C23H30O3/c1-14(22(25)26)13-21(24)20-10-9-19-18-8-7-15-5-3-4-6-16(15)17(18)11-12-23(19,20)2/h3-6,14,17-20H,7-13H2,1-2H3,(H,25,26)/t14?,17-,18-,19+,20-,23+/m1/s1. The van der Waals surface area contributed by atoms with Gasteiger partial charge in [0.2, 0.25) is 0 Å². The Balaban J connectivity index is 1.55. The Morgan fingerprint density at radius 2 is 1.96 bits per heavy atom.